The minimum Gasteiger partial charge on any atom is -0.379 e. The number of nitrogens with zero attached hydrogens (tertiary/aromatic N) is 1. The summed E-state index contributed by atoms with van der Waals surface area (Å²) in [4.78, 5) is 10.6. The summed E-state index contributed by atoms with van der Waals surface area (Å²) in [6.07, 6.45) is 0.923. The summed E-state index contributed by atoms with van der Waals surface area (Å²) in [5.41, 5.74) is 1.53. The molecule has 20 heavy (non-hydrogen) atoms. The van der Waals surface area contributed by atoms with E-state index in [2.05, 4.69) is 5.32 Å². The lowest BCUT2D eigenvalue weighted by atomic mass is 9.85. The van der Waals surface area contributed by atoms with Gasteiger partial charge in [0.25, 0.3) is 5.69 Å². The molecule has 1 aliphatic rings. The van der Waals surface area contributed by atoms with Crippen LogP contribution in [-0.2, 0) is 9.47 Å². The van der Waals surface area contributed by atoms with Crippen molar-refractivity contribution in [2.75, 3.05) is 19.0 Å². The van der Waals surface area contributed by atoms with Crippen molar-refractivity contribution in [1.29, 1.82) is 0 Å². The Bertz CT molecular complexity index is 492. The van der Waals surface area contributed by atoms with Gasteiger partial charge in [-0.25, -0.2) is 0 Å². The van der Waals surface area contributed by atoms with E-state index in [4.69, 9.17) is 9.47 Å². The molecule has 1 N–H and O–H groups in total. The quantitative estimate of drug-likeness (QED) is 0.640. The van der Waals surface area contributed by atoms with Gasteiger partial charge in [-0.05, 0) is 26.3 Å². The van der Waals surface area contributed by atoms with E-state index in [9.17, 15) is 10.1 Å². The first-order valence-electron chi connectivity index (χ1n) is 6.72. The van der Waals surface area contributed by atoms with Gasteiger partial charge < -0.3 is 14.8 Å². The highest BCUT2D eigenvalue weighted by Crippen LogP contribution is 2.31. The molecule has 0 heterocycles. The van der Waals surface area contributed by atoms with Crippen LogP contribution in [0.25, 0.3) is 0 Å². The molecule has 0 spiro atoms. The fourth-order valence-corrected chi connectivity index (χ4v) is 2.53. The lowest BCUT2D eigenvalue weighted by Crippen LogP contribution is -2.56. The van der Waals surface area contributed by atoms with E-state index in [1.165, 1.54) is 0 Å². The Kier molecular flexibility index (Phi) is 4.57. The number of hydrogen-bond acceptors (Lipinski definition) is 5. The predicted molar refractivity (Wildman–Crippen MR) is 76.1 cm³/mol. The lowest BCUT2D eigenvalue weighted by molar-refractivity contribution is -0.385. The van der Waals surface area contributed by atoms with Gasteiger partial charge in [-0.1, -0.05) is 6.07 Å². The van der Waals surface area contributed by atoms with E-state index in [0.717, 1.165) is 12.1 Å². The topological polar surface area (TPSA) is 73.6 Å². The van der Waals surface area contributed by atoms with Gasteiger partial charge in [-0.15, -0.1) is 0 Å². The summed E-state index contributed by atoms with van der Waals surface area (Å²) in [6, 6.07) is 5.29. The normalized spacial score (nSPS) is 25.1. The Balaban J connectivity index is 2.04. The molecule has 0 aromatic heterocycles. The van der Waals surface area contributed by atoms with E-state index in [1.54, 1.807) is 26.2 Å². The van der Waals surface area contributed by atoms with Crippen molar-refractivity contribution in [3.8, 4) is 0 Å². The van der Waals surface area contributed by atoms with Gasteiger partial charge >= 0.3 is 0 Å². The number of hydrogen-bond donors (Lipinski definition) is 1. The second kappa shape index (κ2) is 6.19. The first-order valence-corrected chi connectivity index (χ1v) is 6.72. The molecule has 0 aliphatic heterocycles. The number of anilines is 1. The van der Waals surface area contributed by atoms with Crippen molar-refractivity contribution in [3.63, 3.8) is 0 Å². The molecule has 3 unspecified atom stereocenters. The van der Waals surface area contributed by atoms with Crippen molar-refractivity contribution < 1.29 is 14.4 Å². The van der Waals surface area contributed by atoms with E-state index in [1.807, 2.05) is 13.0 Å². The van der Waals surface area contributed by atoms with Crippen LogP contribution in [0, 0.1) is 17.0 Å². The molecular weight excluding hydrogens is 260 g/mol. The summed E-state index contributed by atoms with van der Waals surface area (Å²) < 4.78 is 11.0. The van der Waals surface area contributed by atoms with Crippen molar-refractivity contribution in [3.05, 3.63) is 33.9 Å². The number of nitro groups is 1. The SMILES string of the molecule is CCOC1CC(Nc2ccc(C)c([N+](=O)[O-])c2)C1OC. The van der Waals surface area contributed by atoms with Crippen LogP contribution in [0.4, 0.5) is 11.4 Å². The van der Waals surface area contributed by atoms with Gasteiger partial charge in [0, 0.05) is 31.0 Å². The Morgan fingerprint density at radius 3 is 2.85 bits per heavy atom. The third-order valence-electron chi connectivity index (χ3n) is 3.66. The number of nitro benzene ring substituents is 1. The van der Waals surface area contributed by atoms with Crippen molar-refractivity contribution in [2.45, 2.75) is 38.5 Å². The van der Waals surface area contributed by atoms with Gasteiger partial charge in [0.1, 0.15) is 6.10 Å². The summed E-state index contributed by atoms with van der Waals surface area (Å²) >= 11 is 0. The minimum absolute atomic E-state index is 0.0182. The highest BCUT2D eigenvalue weighted by atomic mass is 16.6. The van der Waals surface area contributed by atoms with Crippen LogP contribution in [0.1, 0.15) is 18.9 Å². The van der Waals surface area contributed by atoms with E-state index < -0.39 is 0 Å². The number of nitrogens with one attached hydrogen (secondary N) is 1. The van der Waals surface area contributed by atoms with E-state index >= 15 is 0 Å². The summed E-state index contributed by atoms with van der Waals surface area (Å²) in [6.45, 7) is 4.35. The fourth-order valence-electron chi connectivity index (χ4n) is 2.53. The molecular formula is C14H20N2O4. The van der Waals surface area contributed by atoms with Crippen LogP contribution >= 0.6 is 0 Å². The van der Waals surface area contributed by atoms with E-state index in [0.29, 0.717) is 12.2 Å². The van der Waals surface area contributed by atoms with Crippen LogP contribution in [0.5, 0.6) is 0 Å². The Labute approximate surface area is 118 Å². The summed E-state index contributed by atoms with van der Waals surface area (Å²) in [5.74, 6) is 0. The molecule has 3 atom stereocenters. The maximum Gasteiger partial charge on any atom is 0.274 e. The van der Waals surface area contributed by atoms with Gasteiger partial charge in [-0.2, -0.15) is 0 Å². The average molecular weight is 280 g/mol. The second-order valence-electron chi connectivity index (χ2n) is 4.94. The van der Waals surface area contributed by atoms with Crippen molar-refractivity contribution in [2.24, 2.45) is 0 Å². The average Bonchev–Trinajstić information content (AvgIpc) is 2.39. The van der Waals surface area contributed by atoms with Crippen LogP contribution in [0.15, 0.2) is 18.2 Å². The lowest BCUT2D eigenvalue weighted by Gasteiger charge is -2.43. The molecule has 2 rings (SSSR count). The Morgan fingerprint density at radius 1 is 1.50 bits per heavy atom. The largest absolute Gasteiger partial charge is 0.379 e. The predicted octanol–water partition coefficient (Wildman–Crippen LogP) is 2.51. The first kappa shape index (κ1) is 14.7. The van der Waals surface area contributed by atoms with Crippen molar-refractivity contribution >= 4 is 11.4 Å². The number of aryl methyl sites for hydroxylation is 1. The van der Waals surface area contributed by atoms with Gasteiger partial charge in [0.05, 0.1) is 17.1 Å². The van der Waals surface area contributed by atoms with Crippen LogP contribution in [0.2, 0.25) is 0 Å². The van der Waals surface area contributed by atoms with Gasteiger partial charge in [-0.3, -0.25) is 10.1 Å². The highest BCUT2D eigenvalue weighted by molar-refractivity contribution is 5.55. The highest BCUT2D eigenvalue weighted by Gasteiger charge is 2.42. The number of benzene rings is 1. The number of ether oxygens (including phenoxy) is 2. The molecule has 1 aliphatic carbocycles. The maximum atomic E-state index is 10.9. The van der Waals surface area contributed by atoms with Gasteiger partial charge in [0.2, 0.25) is 0 Å². The summed E-state index contributed by atoms with van der Waals surface area (Å²) in [7, 11) is 1.65. The number of methoxy groups -OCH3 is 1. The van der Waals surface area contributed by atoms with Crippen LogP contribution in [0.3, 0.4) is 0 Å². The molecule has 1 saturated carbocycles. The molecule has 6 heteroatoms. The third kappa shape index (κ3) is 2.91. The molecule has 110 valence electrons. The fraction of sp³-hybridized carbons (Fsp3) is 0.571. The van der Waals surface area contributed by atoms with Gasteiger partial charge in [0.15, 0.2) is 0 Å². The first-order chi connectivity index (χ1) is 9.56. The zero-order valence-electron chi connectivity index (χ0n) is 12.0. The zero-order chi connectivity index (χ0) is 14.7. The molecule has 0 radical (unpaired) electrons. The molecule has 1 aromatic rings. The smallest absolute Gasteiger partial charge is 0.274 e. The molecule has 0 bridgehead atoms. The monoisotopic (exact) mass is 280 g/mol. The maximum absolute atomic E-state index is 10.9. The van der Waals surface area contributed by atoms with Crippen LogP contribution < -0.4 is 5.32 Å². The van der Waals surface area contributed by atoms with E-state index in [-0.39, 0.29) is 28.9 Å². The molecule has 6 nitrogen and oxygen atoms in total. The third-order valence-corrected chi connectivity index (χ3v) is 3.66. The standard InChI is InChI=1S/C14H20N2O4/c1-4-20-13-8-11(14(13)19-3)15-10-6-5-9(2)12(7-10)16(17)18/h5-7,11,13-15H,4,8H2,1-3H3. The Morgan fingerprint density at radius 2 is 2.25 bits per heavy atom. The molecule has 1 aromatic carbocycles. The minimum atomic E-state index is -0.363. The second-order valence-corrected chi connectivity index (χ2v) is 4.94. The molecule has 1 fully saturated rings. The molecule has 0 amide bonds. The van der Waals surface area contributed by atoms with Crippen molar-refractivity contribution in [1.82, 2.24) is 0 Å². The Hall–Kier alpha value is -1.66. The molecule has 0 saturated heterocycles. The zero-order valence-corrected chi connectivity index (χ0v) is 12.0. The van der Waals surface area contributed by atoms with Crippen LogP contribution in [-0.4, -0.2) is 36.9 Å². The summed E-state index contributed by atoms with van der Waals surface area (Å²) in [5, 5.41) is 14.2. The number of rotatable bonds is 6.